The van der Waals surface area contributed by atoms with Crippen molar-refractivity contribution in [2.24, 2.45) is 0 Å². The van der Waals surface area contributed by atoms with Gasteiger partial charge >= 0.3 is 0 Å². The van der Waals surface area contributed by atoms with E-state index in [-0.39, 0.29) is 11.6 Å². The molecule has 0 N–H and O–H groups in total. The number of fused-ring (bicyclic) bond motifs is 7. The van der Waals surface area contributed by atoms with E-state index in [9.17, 15) is 9.59 Å². The van der Waals surface area contributed by atoms with Gasteiger partial charge in [0.25, 0.3) is 0 Å². The summed E-state index contributed by atoms with van der Waals surface area (Å²) in [5.74, 6) is 0.504. The van der Waals surface area contributed by atoms with E-state index < -0.39 is 0 Å². The topological polar surface area (TPSA) is 42.3 Å². The number of hydrogen-bond donors (Lipinski definition) is 0. The zero-order chi connectivity index (χ0) is 18.7. The number of ketones is 2. The van der Waals surface area contributed by atoms with Gasteiger partial charge in [-0.2, -0.15) is 0 Å². The number of carbonyl (C=O) groups excluding carboxylic acids is 2. The zero-order valence-corrected chi connectivity index (χ0v) is 16.0. The van der Waals surface area contributed by atoms with E-state index in [4.69, 9.17) is 0 Å². The molecule has 1 aromatic heterocycles. The second kappa shape index (κ2) is 6.03. The third-order valence-corrected chi connectivity index (χ3v) is 6.46. The number of aryl methyl sites for hydroxylation is 2. The molecule has 138 valence electrons. The quantitative estimate of drug-likeness (QED) is 0.706. The maximum atomic E-state index is 12.3. The van der Waals surface area contributed by atoms with Crippen molar-refractivity contribution in [1.29, 1.82) is 0 Å². The van der Waals surface area contributed by atoms with Crippen molar-refractivity contribution < 1.29 is 9.59 Å². The monoisotopic (exact) mass is 360 g/mol. The Morgan fingerprint density at radius 1 is 0.852 bits per heavy atom. The maximum absolute atomic E-state index is 12.3. The predicted molar refractivity (Wildman–Crippen MR) is 108 cm³/mol. The van der Waals surface area contributed by atoms with Crippen LogP contribution in [0.25, 0.3) is 21.8 Å². The summed E-state index contributed by atoms with van der Waals surface area (Å²) in [6, 6.07) is 8.26. The van der Waals surface area contributed by atoms with Gasteiger partial charge in [-0.25, -0.2) is 0 Å². The van der Waals surface area contributed by atoms with Crippen molar-refractivity contribution in [3.8, 4) is 0 Å². The average Bonchev–Trinajstić information content (AvgIpc) is 3.33. The van der Waals surface area contributed by atoms with Crippen LogP contribution in [-0.4, -0.2) is 41.2 Å². The molecule has 0 saturated carbocycles. The number of aromatic nitrogens is 1. The first kappa shape index (κ1) is 16.7. The van der Waals surface area contributed by atoms with Gasteiger partial charge < -0.3 is 9.47 Å². The van der Waals surface area contributed by atoms with Gasteiger partial charge in [0.1, 0.15) is 0 Å². The molecule has 0 fully saturated rings. The molecule has 0 spiro atoms. The van der Waals surface area contributed by atoms with Crippen LogP contribution in [0.4, 0.5) is 0 Å². The standard InChI is InChI=1S/C23H24N2O2/c1-3-24(2)12-13-25-18-8-4-14-16(6-10-20(14)26)22(18)23-17-7-11-21(27)15(17)5-9-19(23)25/h4-5,8-9H,3,6-7,10-13H2,1-2H3. The molecule has 4 nitrogen and oxygen atoms in total. The highest BCUT2D eigenvalue weighted by atomic mass is 16.1. The molecule has 0 bridgehead atoms. The average molecular weight is 360 g/mol. The van der Waals surface area contributed by atoms with Gasteiger partial charge in [0.15, 0.2) is 11.6 Å². The van der Waals surface area contributed by atoms with E-state index >= 15 is 0 Å². The lowest BCUT2D eigenvalue weighted by Crippen LogP contribution is -2.22. The highest BCUT2D eigenvalue weighted by Gasteiger charge is 2.29. The Hall–Kier alpha value is -2.46. The number of nitrogens with zero attached hydrogens (tertiary/aromatic N) is 2. The van der Waals surface area contributed by atoms with E-state index in [0.717, 1.165) is 43.6 Å². The summed E-state index contributed by atoms with van der Waals surface area (Å²) < 4.78 is 2.39. The van der Waals surface area contributed by atoms with Crippen LogP contribution in [0.2, 0.25) is 0 Å². The molecule has 0 amide bonds. The van der Waals surface area contributed by atoms with Crippen LogP contribution in [0.3, 0.4) is 0 Å². The van der Waals surface area contributed by atoms with Crippen molar-refractivity contribution >= 4 is 33.4 Å². The summed E-state index contributed by atoms with van der Waals surface area (Å²) in [7, 11) is 2.14. The molecule has 1 heterocycles. The van der Waals surface area contributed by atoms with Gasteiger partial charge in [0.2, 0.25) is 0 Å². The van der Waals surface area contributed by atoms with Crippen molar-refractivity contribution in [1.82, 2.24) is 9.47 Å². The first-order chi connectivity index (χ1) is 13.1. The summed E-state index contributed by atoms with van der Waals surface area (Å²) in [6.45, 7) is 5.07. The molecule has 0 aliphatic heterocycles. The molecule has 0 radical (unpaired) electrons. The molecule has 2 aliphatic carbocycles. The number of benzene rings is 2. The van der Waals surface area contributed by atoms with Crippen molar-refractivity contribution in [3.63, 3.8) is 0 Å². The Labute approximate surface area is 158 Å². The van der Waals surface area contributed by atoms with E-state index in [1.54, 1.807) is 0 Å². The van der Waals surface area contributed by atoms with Crippen molar-refractivity contribution in [2.75, 3.05) is 20.1 Å². The fraction of sp³-hybridized carbons (Fsp3) is 0.391. The third kappa shape index (κ3) is 2.32. The van der Waals surface area contributed by atoms with Gasteiger partial charge in [0.05, 0.1) is 0 Å². The van der Waals surface area contributed by atoms with Crippen LogP contribution in [-0.2, 0) is 19.4 Å². The predicted octanol–water partition coefficient (Wildman–Crippen LogP) is 4.00. The normalized spacial score (nSPS) is 16.1. The fourth-order valence-electron chi connectivity index (χ4n) is 4.87. The largest absolute Gasteiger partial charge is 0.339 e. The minimum Gasteiger partial charge on any atom is -0.339 e. The Morgan fingerprint density at radius 3 is 1.85 bits per heavy atom. The smallest absolute Gasteiger partial charge is 0.163 e. The number of likely N-dealkylation sites (N-methyl/N-ethyl adjacent to an activating group) is 1. The zero-order valence-electron chi connectivity index (χ0n) is 16.0. The minimum absolute atomic E-state index is 0.252. The molecule has 5 rings (SSSR count). The van der Waals surface area contributed by atoms with Crippen LogP contribution in [0.15, 0.2) is 24.3 Å². The first-order valence-electron chi connectivity index (χ1n) is 9.94. The number of Topliss-reactive ketones (excluding diaryl/α,β-unsaturated/α-hetero) is 2. The molecular formula is C23H24N2O2. The maximum Gasteiger partial charge on any atom is 0.163 e. The lowest BCUT2D eigenvalue weighted by molar-refractivity contribution is 0.0986. The van der Waals surface area contributed by atoms with Crippen LogP contribution >= 0.6 is 0 Å². The Kier molecular flexibility index (Phi) is 3.73. The van der Waals surface area contributed by atoms with Gasteiger partial charge in [-0.1, -0.05) is 6.92 Å². The molecule has 3 aromatic rings. The van der Waals surface area contributed by atoms with Crippen LogP contribution in [0.1, 0.15) is 51.6 Å². The fourth-order valence-corrected chi connectivity index (χ4v) is 4.87. The second-order valence-corrected chi connectivity index (χ2v) is 7.87. The number of hydrogen-bond acceptors (Lipinski definition) is 3. The van der Waals surface area contributed by atoms with Gasteiger partial charge in [-0.3, -0.25) is 9.59 Å². The highest BCUT2D eigenvalue weighted by molar-refractivity contribution is 6.18. The van der Waals surface area contributed by atoms with E-state index in [2.05, 4.69) is 35.6 Å². The summed E-state index contributed by atoms with van der Waals surface area (Å²) in [5, 5.41) is 2.44. The van der Waals surface area contributed by atoms with Crippen molar-refractivity contribution in [3.05, 3.63) is 46.5 Å². The summed E-state index contributed by atoms with van der Waals surface area (Å²) in [6.07, 6.45) is 2.84. The molecular weight excluding hydrogens is 336 g/mol. The van der Waals surface area contributed by atoms with Crippen molar-refractivity contribution in [2.45, 2.75) is 39.2 Å². The Bertz CT molecular complexity index is 1040. The Morgan fingerprint density at radius 2 is 1.37 bits per heavy atom. The van der Waals surface area contributed by atoms with E-state index in [0.29, 0.717) is 12.8 Å². The molecule has 0 saturated heterocycles. The molecule has 2 aliphatic rings. The SMILES string of the molecule is CCN(C)CCn1c2ccc3c(c2c2c4c(ccc21)C(=O)CC4)CCC3=O. The summed E-state index contributed by atoms with van der Waals surface area (Å²) >= 11 is 0. The molecule has 4 heteroatoms. The first-order valence-corrected chi connectivity index (χ1v) is 9.94. The van der Waals surface area contributed by atoms with E-state index in [1.807, 2.05) is 12.1 Å². The highest BCUT2D eigenvalue weighted by Crippen LogP contribution is 2.41. The number of carbonyl (C=O) groups is 2. The molecule has 27 heavy (non-hydrogen) atoms. The lowest BCUT2D eigenvalue weighted by atomic mass is 9.98. The molecule has 2 aromatic carbocycles. The van der Waals surface area contributed by atoms with Gasteiger partial charge in [-0.15, -0.1) is 0 Å². The molecule has 0 atom stereocenters. The van der Waals surface area contributed by atoms with Crippen LogP contribution in [0.5, 0.6) is 0 Å². The minimum atomic E-state index is 0.252. The van der Waals surface area contributed by atoms with Gasteiger partial charge in [0, 0.05) is 58.9 Å². The van der Waals surface area contributed by atoms with E-state index in [1.165, 1.54) is 32.9 Å². The van der Waals surface area contributed by atoms with Crippen LogP contribution in [0, 0.1) is 0 Å². The number of rotatable bonds is 4. The lowest BCUT2D eigenvalue weighted by Gasteiger charge is -2.15. The summed E-state index contributed by atoms with van der Waals surface area (Å²) in [5.41, 5.74) is 6.56. The van der Waals surface area contributed by atoms with Crippen LogP contribution < -0.4 is 0 Å². The van der Waals surface area contributed by atoms with Gasteiger partial charge in [-0.05, 0) is 61.8 Å². The Balaban J connectivity index is 1.84. The molecule has 0 unspecified atom stereocenters. The third-order valence-electron chi connectivity index (χ3n) is 6.46. The second-order valence-electron chi connectivity index (χ2n) is 7.87. The summed E-state index contributed by atoms with van der Waals surface area (Å²) in [4.78, 5) is 27.0.